The maximum absolute atomic E-state index is 11.7. The molecular weight excluding hydrogens is 226 g/mol. The number of hydrogen-bond donors (Lipinski definition) is 1. The molecule has 98 valence electrons. The summed E-state index contributed by atoms with van der Waals surface area (Å²) in [6.07, 6.45) is 0.976. The fraction of sp³-hybridized carbons (Fsp3) is 0.500. The van der Waals surface area contributed by atoms with Crippen molar-refractivity contribution in [1.29, 1.82) is 0 Å². The van der Waals surface area contributed by atoms with Crippen molar-refractivity contribution in [3.8, 4) is 0 Å². The molecule has 0 radical (unpaired) electrons. The van der Waals surface area contributed by atoms with E-state index in [0.717, 1.165) is 24.2 Å². The Bertz CT molecular complexity index is 456. The second kappa shape index (κ2) is 4.98. The van der Waals surface area contributed by atoms with Gasteiger partial charge in [-0.15, -0.1) is 0 Å². The van der Waals surface area contributed by atoms with Crippen molar-refractivity contribution in [1.82, 2.24) is 4.90 Å². The maximum atomic E-state index is 11.7. The van der Waals surface area contributed by atoms with Crippen LogP contribution in [0, 0.1) is 0 Å². The lowest BCUT2D eigenvalue weighted by molar-refractivity contribution is -0.119. The third-order valence-corrected chi connectivity index (χ3v) is 3.62. The molecule has 0 bridgehead atoms. The predicted octanol–water partition coefficient (Wildman–Crippen LogP) is 0.809. The Labute approximate surface area is 108 Å². The van der Waals surface area contributed by atoms with Crippen LogP contribution in [0.4, 0.5) is 5.69 Å². The van der Waals surface area contributed by atoms with E-state index >= 15 is 0 Å². The van der Waals surface area contributed by atoms with Gasteiger partial charge in [-0.05, 0) is 36.7 Å². The van der Waals surface area contributed by atoms with Crippen LogP contribution in [-0.4, -0.2) is 45.0 Å². The highest BCUT2D eigenvalue weighted by Crippen LogP contribution is 2.28. The van der Waals surface area contributed by atoms with Crippen molar-refractivity contribution in [2.75, 3.05) is 39.1 Å². The van der Waals surface area contributed by atoms with Gasteiger partial charge in [0.05, 0.1) is 5.92 Å². The number of amides is 1. The summed E-state index contributed by atoms with van der Waals surface area (Å²) >= 11 is 0. The fourth-order valence-electron chi connectivity index (χ4n) is 2.47. The Morgan fingerprint density at radius 2 is 2.17 bits per heavy atom. The van der Waals surface area contributed by atoms with Gasteiger partial charge in [0.1, 0.15) is 0 Å². The highest BCUT2D eigenvalue weighted by Gasteiger charge is 2.25. The number of primary amides is 1. The zero-order chi connectivity index (χ0) is 13.3. The van der Waals surface area contributed by atoms with Gasteiger partial charge in [0.15, 0.2) is 0 Å². The normalized spacial score (nSPS) is 20.1. The molecule has 1 unspecified atom stereocenters. The monoisotopic (exact) mass is 247 g/mol. The second-order valence-electron chi connectivity index (χ2n) is 5.24. The Kier molecular flexibility index (Phi) is 3.57. The van der Waals surface area contributed by atoms with Crippen molar-refractivity contribution < 1.29 is 4.79 Å². The van der Waals surface area contributed by atoms with E-state index in [0.29, 0.717) is 6.54 Å². The van der Waals surface area contributed by atoms with Crippen LogP contribution in [0.25, 0.3) is 0 Å². The van der Waals surface area contributed by atoms with Crippen molar-refractivity contribution in [2.45, 2.75) is 12.3 Å². The third-order valence-electron chi connectivity index (χ3n) is 3.62. The molecule has 2 N–H and O–H groups in total. The minimum absolute atomic E-state index is 0.201. The molecule has 1 amide bonds. The number of anilines is 1. The molecule has 1 atom stereocenters. The minimum Gasteiger partial charge on any atom is -0.378 e. The number of hydrogen-bond acceptors (Lipinski definition) is 3. The zero-order valence-corrected chi connectivity index (χ0v) is 11.3. The molecule has 4 nitrogen and oxygen atoms in total. The van der Waals surface area contributed by atoms with Crippen LogP contribution in [-0.2, 0) is 11.2 Å². The number of rotatable bonds is 2. The van der Waals surface area contributed by atoms with Gasteiger partial charge in [-0.1, -0.05) is 6.07 Å². The number of carbonyl (C=O) groups is 1. The lowest BCUT2D eigenvalue weighted by Crippen LogP contribution is -2.31. The second-order valence-corrected chi connectivity index (χ2v) is 5.24. The molecule has 1 aliphatic rings. The van der Waals surface area contributed by atoms with E-state index in [1.54, 1.807) is 0 Å². The largest absolute Gasteiger partial charge is 0.378 e. The number of likely N-dealkylation sites (N-methyl/N-ethyl adjacent to an activating group) is 1. The molecule has 0 fully saturated rings. The first-order valence-corrected chi connectivity index (χ1v) is 6.27. The Morgan fingerprint density at radius 3 is 2.78 bits per heavy atom. The van der Waals surface area contributed by atoms with Crippen LogP contribution in [0.1, 0.15) is 17.0 Å². The van der Waals surface area contributed by atoms with Crippen LogP contribution in [0.15, 0.2) is 18.2 Å². The van der Waals surface area contributed by atoms with Gasteiger partial charge in [-0.25, -0.2) is 0 Å². The van der Waals surface area contributed by atoms with Crippen molar-refractivity contribution >= 4 is 11.6 Å². The molecule has 1 aliphatic heterocycles. The molecule has 0 spiro atoms. The quantitative estimate of drug-likeness (QED) is 0.841. The van der Waals surface area contributed by atoms with Crippen LogP contribution in [0.2, 0.25) is 0 Å². The lowest BCUT2D eigenvalue weighted by atomic mass is 9.92. The first-order chi connectivity index (χ1) is 8.49. The van der Waals surface area contributed by atoms with E-state index in [2.05, 4.69) is 23.1 Å². The molecule has 0 saturated carbocycles. The highest BCUT2D eigenvalue weighted by atomic mass is 16.1. The van der Waals surface area contributed by atoms with E-state index in [-0.39, 0.29) is 11.8 Å². The van der Waals surface area contributed by atoms with Gasteiger partial charge < -0.3 is 15.5 Å². The van der Waals surface area contributed by atoms with Crippen LogP contribution < -0.4 is 10.6 Å². The lowest BCUT2D eigenvalue weighted by Gasteiger charge is -2.20. The summed E-state index contributed by atoms with van der Waals surface area (Å²) in [7, 11) is 6.04. The summed E-state index contributed by atoms with van der Waals surface area (Å²) in [6.45, 7) is 1.68. The predicted molar refractivity (Wildman–Crippen MR) is 73.9 cm³/mol. The molecule has 18 heavy (non-hydrogen) atoms. The van der Waals surface area contributed by atoms with Crippen molar-refractivity contribution in [2.24, 2.45) is 5.73 Å². The molecular formula is C14H21N3O. The topological polar surface area (TPSA) is 49.6 Å². The molecule has 2 rings (SSSR count). The zero-order valence-electron chi connectivity index (χ0n) is 11.3. The summed E-state index contributed by atoms with van der Waals surface area (Å²) < 4.78 is 0. The summed E-state index contributed by atoms with van der Waals surface area (Å²) in [5.41, 5.74) is 9.02. The van der Waals surface area contributed by atoms with E-state index in [1.807, 2.05) is 26.0 Å². The average Bonchev–Trinajstić information content (AvgIpc) is 2.48. The number of nitrogens with zero attached hydrogens (tertiary/aromatic N) is 2. The van der Waals surface area contributed by atoms with Crippen LogP contribution in [0.5, 0.6) is 0 Å². The molecule has 0 aromatic heterocycles. The maximum Gasteiger partial charge on any atom is 0.226 e. The molecule has 1 aromatic rings. The van der Waals surface area contributed by atoms with Crippen LogP contribution in [0.3, 0.4) is 0 Å². The first kappa shape index (κ1) is 12.9. The fourth-order valence-corrected chi connectivity index (χ4v) is 2.47. The SMILES string of the molecule is CN1CCc2ccc(N(C)C)cc2C(C(N)=O)C1. The number of nitrogens with two attached hydrogens (primary N) is 1. The standard InChI is InChI=1S/C14H21N3O/c1-16(2)11-5-4-10-6-7-17(3)9-13(14(15)18)12(10)8-11/h4-5,8,13H,6-7,9H2,1-3H3,(H2,15,18). The first-order valence-electron chi connectivity index (χ1n) is 6.27. The number of carbonyl (C=O) groups excluding carboxylic acids is 1. The molecule has 0 aliphatic carbocycles. The van der Waals surface area contributed by atoms with E-state index in [1.165, 1.54) is 5.56 Å². The van der Waals surface area contributed by atoms with Crippen LogP contribution >= 0.6 is 0 Å². The summed E-state index contributed by atoms with van der Waals surface area (Å²) in [5.74, 6) is -0.437. The molecule has 4 heteroatoms. The van der Waals surface area contributed by atoms with Crippen molar-refractivity contribution in [3.63, 3.8) is 0 Å². The summed E-state index contributed by atoms with van der Waals surface area (Å²) in [5, 5.41) is 0. The Balaban J connectivity index is 2.46. The van der Waals surface area contributed by atoms with E-state index in [9.17, 15) is 4.79 Å². The smallest absolute Gasteiger partial charge is 0.226 e. The van der Waals surface area contributed by atoms with Gasteiger partial charge in [-0.3, -0.25) is 4.79 Å². The van der Waals surface area contributed by atoms with E-state index in [4.69, 9.17) is 5.73 Å². The third kappa shape index (κ3) is 2.48. The number of benzene rings is 1. The number of fused-ring (bicyclic) bond motifs is 1. The minimum atomic E-state index is -0.235. The van der Waals surface area contributed by atoms with Gasteiger partial charge in [0.2, 0.25) is 5.91 Å². The van der Waals surface area contributed by atoms with Gasteiger partial charge >= 0.3 is 0 Å². The van der Waals surface area contributed by atoms with Gasteiger partial charge in [0, 0.05) is 32.9 Å². The molecule has 1 aromatic carbocycles. The van der Waals surface area contributed by atoms with E-state index < -0.39 is 0 Å². The Morgan fingerprint density at radius 1 is 1.44 bits per heavy atom. The van der Waals surface area contributed by atoms with Gasteiger partial charge in [0.25, 0.3) is 0 Å². The highest BCUT2D eigenvalue weighted by molar-refractivity contribution is 5.83. The molecule has 0 saturated heterocycles. The molecule has 1 heterocycles. The van der Waals surface area contributed by atoms with Crippen molar-refractivity contribution in [3.05, 3.63) is 29.3 Å². The average molecular weight is 247 g/mol. The summed E-state index contributed by atoms with van der Waals surface area (Å²) in [4.78, 5) is 15.9. The Hall–Kier alpha value is -1.55. The summed E-state index contributed by atoms with van der Waals surface area (Å²) in [6, 6.07) is 6.33. The van der Waals surface area contributed by atoms with Gasteiger partial charge in [-0.2, -0.15) is 0 Å².